The number of likely N-dealkylation sites (N-methyl/N-ethyl adjacent to an activating group) is 1. The van der Waals surface area contributed by atoms with Gasteiger partial charge in [-0.15, -0.1) is 0 Å². The number of hydrogen-bond acceptors (Lipinski definition) is 4. The highest BCUT2D eigenvalue weighted by Gasteiger charge is 2.35. The number of carbonyl (C=O) groups excluding carboxylic acids is 1. The van der Waals surface area contributed by atoms with Crippen LogP contribution in [-0.2, 0) is 16.0 Å². The lowest BCUT2D eigenvalue weighted by Gasteiger charge is -2.43. The number of ether oxygens (including phenoxy) is 1. The van der Waals surface area contributed by atoms with Crippen molar-refractivity contribution in [2.45, 2.75) is 31.7 Å². The standard InChI is InChI=1S/C29H35N3O2/c1-30-16-18-31(19-17-30)27-12-13-28(34-2)25-14-15-32(21-26(25)27)29(33)20-22-8-10-24(11-9-22)23-6-4-3-5-7-23/h3-11,21,27H,12-20H2,1-2H3. The minimum atomic E-state index is 0.167. The number of methoxy groups -OCH3 is 1. The molecule has 0 spiro atoms. The predicted octanol–water partition coefficient (Wildman–Crippen LogP) is 4.32. The summed E-state index contributed by atoms with van der Waals surface area (Å²) in [6, 6.07) is 19.1. The number of nitrogens with zero attached hydrogens (tertiary/aromatic N) is 3. The minimum Gasteiger partial charge on any atom is -0.501 e. The van der Waals surface area contributed by atoms with E-state index in [9.17, 15) is 4.79 Å². The van der Waals surface area contributed by atoms with Crippen LogP contribution in [0.15, 0.2) is 77.7 Å². The van der Waals surface area contributed by atoms with Crippen LogP contribution in [0.25, 0.3) is 11.1 Å². The molecule has 5 rings (SSSR count). The molecule has 1 aliphatic carbocycles. The average Bonchev–Trinajstić information content (AvgIpc) is 2.89. The van der Waals surface area contributed by atoms with Crippen LogP contribution in [0.2, 0.25) is 0 Å². The van der Waals surface area contributed by atoms with E-state index in [1.54, 1.807) is 7.11 Å². The summed E-state index contributed by atoms with van der Waals surface area (Å²) >= 11 is 0. The summed E-state index contributed by atoms with van der Waals surface area (Å²) in [5, 5.41) is 0. The van der Waals surface area contributed by atoms with Crippen LogP contribution in [0, 0.1) is 0 Å². The van der Waals surface area contributed by atoms with Crippen molar-refractivity contribution in [1.82, 2.24) is 14.7 Å². The van der Waals surface area contributed by atoms with E-state index in [1.807, 2.05) is 11.0 Å². The molecule has 1 saturated heterocycles. The van der Waals surface area contributed by atoms with Crippen LogP contribution in [0.3, 0.4) is 0 Å². The zero-order valence-electron chi connectivity index (χ0n) is 20.4. The van der Waals surface area contributed by atoms with Gasteiger partial charge in [-0.2, -0.15) is 0 Å². The fraction of sp³-hybridized carbons (Fsp3) is 0.414. The first-order valence-electron chi connectivity index (χ1n) is 12.5. The Morgan fingerprint density at radius 1 is 0.912 bits per heavy atom. The van der Waals surface area contributed by atoms with Gasteiger partial charge in [-0.1, -0.05) is 54.6 Å². The highest BCUT2D eigenvalue weighted by molar-refractivity contribution is 5.80. The van der Waals surface area contributed by atoms with Gasteiger partial charge in [0.15, 0.2) is 0 Å². The maximum atomic E-state index is 13.3. The lowest BCUT2D eigenvalue weighted by molar-refractivity contribution is -0.128. The van der Waals surface area contributed by atoms with Gasteiger partial charge < -0.3 is 14.5 Å². The highest BCUT2D eigenvalue weighted by Crippen LogP contribution is 2.38. The number of allylic oxidation sites excluding steroid dienone is 1. The Morgan fingerprint density at radius 3 is 2.32 bits per heavy atom. The summed E-state index contributed by atoms with van der Waals surface area (Å²) < 4.78 is 5.76. The molecule has 1 atom stereocenters. The Hall–Kier alpha value is -2.89. The van der Waals surface area contributed by atoms with E-state index in [-0.39, 0.29) is 5.91 Å². The lowest BCUT2D eigenvalue weighted by atomic mass is 9.83. The van der Waals surface area contributed by atoms with E-state index in [4.69, 9.17) is 4.74 Å². The molecule has 0 aromatic heterocycles. The Balaban J connectivity index is 1.32. The maximum absolute atomic E-state index is 13.3. The third kappa shape index (κ3) is 4.82. The fourth-order valence-corrected chi connectivity index (χ4v) is 5.51. The van der Waals surface area contributed by atoms with Crippen LogP contribution < -0.4 is 0 Å². The molecule has 5 heteroatoms. The fourth-order valence-electron chi connectivity index (χ4n) is 5.51. The molecule has 0 N–H and O–H groups in total. The molecule has 2 heterocycles. The third-order valence-corrected chi connectivity index (χ3v) is 7.55. The highest BCUT2D eigenvalue weighted by atomic mass is 16.5. The molecule has 1 unspecified atom stereocenters. The Bertz CT molecular complexity index is 1070. The molecule has 1 amide bonds. The molecule has 2 aliphatic heterocycles. The van der Waals surface area contributed by atoms with Crippen molar-refractivity contribution in [2.75, 3.05) is 46.9 Å². The zero-order chi connectivity index (χ0) is 23.5. The smallest absolute Gasteiger partial charge is 0.230 e. The van der Waals surface area contributed by atoms with E-state index in [0.717, 1.165) is 63.3 Å². The Morgan fingerprint density at radius 2 is 1.62 bits per heavy atom. The first-order chi connectivity index (χ1) is 16.6. The SMILES string of the molecule is COC1=C2CCN(C(=O)Cc3ccc(-c4ccccc4)cc3)C=C2C(N2CCN(C)CC2)CC1. The Kier molecular flexibility index (Phi) is 6.84. The summed E-state index contributed by atoms with van der Waals surface area (Å²) in [5.74, 6) is 1.28. The average molecular weight is 458 g/mol. The monoisotopic (exact) mass is 457 g/mol. The van der Waals surface area contributed by atoms with Crippen molar-refractivity contribution in [3.63, 3.8) is 0 Å². The van der Waals surface area contributed by atoms with Crippen molar-refractivity contribution in [3.8, 4) is 11.1 Å². The topological polar surface area (TPSA) is 36.0 Å². The molecule has 0 radical (unpaired) electrons. The van der Waals surface area contributed by atoms with Crippen LogP contribution in [0.5, 0.6) is 0 Å². The summed E-state index contributed by atoms with van der Waals surface area (Å²) in [6.07, 6.45) is 5.49. The number of benzene rings is 2. The maximum Gasteiger partial charge on any atom is 0.230 e. The molecule has 3 aliphatic rings. The number of amides is 1. The van der Waals surface area contributed by atoms with Crippen LogP contribution in [-0.4, -0.2) is 73.5 Å². The quantitative estimate of drug-likeness (QED) is 0.670. The van der Waals surface area contributed by atoms with Gasteiger partial charge in [-0.3, -0.25) is 9.69 Å². The predicted molar refractivity (Wildman–Crippen MR) is 136 cm³/mol. The van der Waals surface area contributed by atoms with E-state index in [1.165, 1.54) is 22.3 Å². The lowest BCUT2D eigenvalue weighted by Crippen LogP contribution is -2.51. The van der Waals surface area contributed by atoms with Gasteiger partial charge in [0.05, 0.1) is 19.3 Å². The Labute approximate surface area is 203 Å². The van der Waals surface area contributed by atoms with Gasteiger partial charge in [-0.25, -0.2) is 0 Å². The molecule has 178 valence electrons. The molecular formula is C29H35N3O2. The molecule has 0 bridgehead atoms. The molecule has 5 nitrogen and oxygen atoms in total. The molecule has 34 heavy (non-hydrogen) atoms. The molecule has 2 aromatic rings. The van der Waals surface area contributed by atoms with E-state index in [2.05, 4.69) is 71.6 Å². The number of rotatable bonds is 5. The van der Waals surface area contributed by atoms with Crippen molar-refractivity contribution < 1.29 is 9.53 Å². The number of carbonyl (C=O) groups is 1. The summed E-state index contributed by atoms with van der Waals surface area (Å²) in [5.41, 5.74) is 6.06. The van der Waals surface area contributed by atoms with E-state index in [0.29, 0.717) is 12.5 Å². The van der Waals surface area contributed by atoms with Crippen LogP contribution in [0.4, 0.5) is 0 Å². The van der Waals surface area contributed by atoms with Gasteiger partial charge in [-0.05, 0) is 47.7 Å². The first-order valence-corrected chi connectivity index (χ1v) is 12.5. The van der Waals surface area contributed by atoms with Crippen molar-refractivity contribution >= 4 is 5.91 Å². The van der Waals surface area contributed by atoms with Crippen molar-refractivity contribution in [2.24, 2.45) is 0 Å². The molecule has 1 fully saturated rings. The minimum absolute atomic E-state index is 0.167. The van der Waals surface area contributed by atoms with E-state index < -0.39 is 0 Å². The van der Waals surface area contributed by atoms with Gasteiger partial charge in [0.1, 0.15) is 0 Å². The second kappa shape index (κ2) is 10.2. The van der Waals surface area contributed by atoms with Crippen LogP contribution >= 0.6 is 0 Å². The van der Waals surface area contributed by atoms with Gasteiger partial charge in [0.2, 0.25) is 5.91 Å². The van der Waals surface area contributed by atoms with Gasteiger partial charge >= 0.3 is 0 Å². The molecular weight excluding hydrogens is 422 g/mol. The number of hydrogen-bond donors (Lipinski definition) is 0. The second-order valence-electron chi connectivity index (χ2n) is 9.66. The summed E-state index contributed by atoms with van der Waals surface area (Å²) in [4.78, 5) is 20.2. The number of piperazine rings is 1. The molecule has 2 aromatic carbocycles. The van der Waals surface area contributed by atoms with Crippen molar-refractivity contribution in [1.29, 1.82) is 0 Å². The third-order valence-electron chi connectivity index (χ3n) is 7.55. The van der Waals surface area contributed by atoms with E-state index >= 15 is 0 Å². The largest absolute Gasteiger partial charge is 0.501 e. The first kappa shape index (κ1) is 22.9. The number of fused-ring (bicyclic) bond motifs is 1. The molecule has 0 saturated carbocycles. The van der Waals surface area contributed by atoms with Crippen LogP contribution in [0.1, 0.15) is 24.8 Å². The van der Waals surface area contributed by atoms with Gasteiger partial charge in [0.25, 0.3) is 0 Å². The summed E-state index contributed by atoms with van der Waals surface area (Å²) in [7, 11) is 3.98. The second-order valence-corrected chi connectivity index (χ2v) is 9.66. The normalized spacial score (nSPS) is 21.8. The van der Waals surface area contributed by atoms with Crippen molar-refractivity contribution in [3.05, 3.63) is 83.3 Å². The van der Waals surface area contributed by atoms with Gasteiger partial charge in [0, 0.05) is 51.4 Å². The summed E-state index contributed by atoms with van der Waals surface area (Å²) in [6.45, 7) is 5.08. The zero-order valence-corrected chi connectivity index (χ0v) is 20.4.